The van der Waals surface area contributed by atoms with Crippen LogP contribution in [0, 0.1) is 0 Å². The average Bonchev–Trinajstić information content (AvgIpc) is 3.43. The molecule has 0 aliphatic carbocycles. The van der Waals surface area contributed by atoms with Gasteiger partial charge in [-0.3, -0.25) is 0 Å². The first-order chi connectivity index (χ1) is 13.3. The summed E-state index contributed by atoms with van der Waals surface area (Å²) in [6.07, 6.45) is 0. The van der Waals surface area contributed by atoms with Gasteiger partial charge in [-0.15, -0.1) is 11.3 Å². The summed E-state index contributed by atoms with van der Waals surface area (Å²) in [6, 6.07) is 11.2. The van der Waals surface area contributed by atoms with E-state index in [4.69, 9.17) is 18.4 Å². The van der Waals surface area contributed by atoms with E-state index < -0.39 is 5.97 Å². The maximum Gasteiger partial charge on any atom is 0.375 e. The number of aromatic nitrogens is 2. The minimum Gasteiger partial charge on any atom is -0.450 e. The zero-order valence-corrected chi connectivity index (χ0v) is 15.3. The van der Waals surface area contributed by atoms with Crippen LogP contribution in [0.3, 0.4) is 0 Å². The van der Waals surface area contributed by atoms with Crippen LogP contribution in [0.4, 0.5) is 0 Å². The number of carbonyl (C=O) groups is 1. The summed E-state index contributed by atoms with van der Waals surface area (Å²) >= 11 is 1.50. The van der Waals surface area contributed by atoms with E-state index in [-0.39, 0.29) is 24.9 Å². The summed E-state index contributed by atoms with van der Waals surface area (Å²) in [4.78, 5) is 17.7. The molecule has 0 saturated carbocycles. The summed E-state index contributed by atoms with van der Waals surface area (Å²) in [5, 5.41) is 6.64. The molecular formula is C19H16N2O5S. The lowest BCUT2D eigenvalue weighted by Crippen LogP contribution is -2.07. The van der Waals surface area contributed by atoms with Gasteiger partial charge in [0.1, 0.15) is 5.58 Å². The second kappa shape index (κ2) is 7.73. The van der Waals surface area contributed by atoms with Gasteiger partial charge in [0.2, 0.25) is 11.6 Å². The molecule has 7 nitrogen and oxygen atoms in total. The third kappa shape index (κ3) is 3.62. The van der Waals surface area contributed by atoms with Crippen LogP contribution in [0.15, 0.2) is 50.7 Å². The average molecular weight is 384 g/mol. The highest BCUT2D eigenvalue weighted by atomic mass is 32.1. The highest BCUT2D eigenvalue weighted by Crippen LogP contribution is 2.27. The summed E-state index contributed by atoms with van der Waals surface area (Å²) < 4.78 is 21.6. The Bertz CT molecular complexity index is 1050. The Hall–Kier alpha value is -2.97. The van der Waals surface area contributed by atoms with Crippen molar-refractivity contribution in [1.82, 2.24) is 10.1 Å². The Labute approximate surface area is 158 Å². The molecule has 0 aliphatic rings. The van der Waals surface area contributed by atoms with E-state index in [1.165, 1.54) is 11.3 Å². The number of fused-ring (bicyclic) bond motifs is 1. The molecule has 0 saturated heterocycles. The number of ether oxygens (including phenoxy) is 2. The second-order valence-electron chi connectivity index (χ2n) is 5.61. The van der Waals surface area contributed by atoms with E-state index in [2.05, 4.69) is 10.1 Å². The van der Waals surface area contributed by atoms with Gasteiger partial charge in [-0.25, -0.2) is 4.79 Å². The van der Waals surface area contributed by atoms with Crippen LogP contribution in [-0.2, 0) is 22.7 Å². The molecule has 0 N–H and O–H groups in total. The predicted octanol–water partition coefficient (Wildman–Crippen LogP) is 4.44. The molecule has 1 aromatic carbocycles. The highest BCUT2D eigenvalue weighted by molar-refractivity contribution is 7.13. The van der Waals surface area contributed by atoms with Gasteiger partial charge in [0, 0.05) is 17.6 Å². The second-order valence-corrected chi connectivity index (χ2v) is 6.56. The third-order valence-corrected chi connectivity index (χ3v) is 4.74. The van der Waals surface area contributed by atoms with Crippen molar-refractivity contribution < 1.29 is 23.2 Å². The number of rotatable bonds is 7. The number of esters is 1. The SMILES string of the molecule is CCOCc1c(C(=O)OCc2nc(-c3cccs3)no2)oc2ccccc12. The minimum atomic E-state index is -0.600. The lowest BCUT2D eigenvalue weighted by atomic mass is 10.1. The third-order valence-electron chi connectivity index (χ3n) is 3.87. The fourth-order valence-electron chi connectivity index (χ4n) is 2.62. The smallest absolute Gasteiger partial charge is 0.375 e. The molecule has 3 aromatic heterocycles. The Morgan fingerprint density at radius 1 is 1.19 bits per heavy atom. The van der Waals surface area contributed by atoms with Gasteiger partial charge in [0.05, 0.1) is 11.5 Å². The van der Waals surface area contributed by atoms with E-state index >= 15 is 0 Å². The molecule has 0 radical (unpaired) electrons. The number of hydrogen-bond acceptors (Lipinski definition) is 8. The van der Waals surface area contributed by atoms with Gasteiger partial charge >= 0.3 is 5.97 Å². The number of hydrogen-bond donors (Lipinski definition) is 0. The lowest BCUT2D eigenvalue weighted by Gasteiger charge is -2.03. The number of thiophene rings is 1. The van der Waals surface area contributed by atoms with Gasteiger partial charge in [-0.1, -0.05) is 29.4 Å². The normalized spacial score (nSPS) is 11.1. The molecule has 138 valence electrons. The molecule has 0 fully saturated rings. The Balaban J connectivity index is 1.51. The molecule has 0 bridgehead atoms. The molecule has 0 aliphatic heterocycles. The molecule has 3 heterocycles. The Morgan fingerprint density at radius 3 is 2.89 bits per heavy atom. The Kier molecular flexibility index (Phi) is 4.99. The van der Waals surface area contributed by atoms with Gasteiger partial charge < -0.3 is 18.4 Å². The Morgan fingerprint density at radius 2 is 2.07 bits per heavy atom. The van der Waals surface area contributed by atoms with Crippen LogP contribution >= 0.6 is 11.3 Å². The van der Waals surface area contributed by atoms with E-state index in [1.807, 2.05) is 42.6 Å². The first-order valence-corrected chi connectivity index (χ1v) is 9.26. The van der Waals surface area contributed by atoms with Gasteiger partial charge in [0.15, 0.2) is 6.61 Å². The molecule has 0 spiro atoms. The van der Waals surface area contributed by atoms with Gasteiger partial charge in [-0.2, -0.15) is 4.98 Å². The maximum atomic E-state index is 12.5. The van der Waals surface area contributed by atoms with Crippen LogP contribution in [-0.4, -0.2) is 22.7 Å². The zero-order valence-electron chi connectivity index (χ0n) is 14.5. The van der Waals surface area contributed by atoms with E-state index in [0.717, 1.165) is 10.3 Å². The molecule has 0 amide bonds. The van der Waals surface area contributed by atoms with Crippen LogP contribution < -0.4 is 0 Å². The van der Waals surface area contributed by atoms with Crippen molar-refractivity contribution in [1.29, 1.82) is 0 Å². The van der Waals surface area contributed by atoms with Crippen LogP contribution in [0.25, 0.3) is 21.7 Å². The first kappa shape index (κ1) is 17.4. The van der Waals surface area contributed by atoms with Crippen LogP contribution in [0.5, 0.6) is 0 Å². The lowest BCUT2D eigenvalue weighted by molar-refractivity contribution is 0.0388. The van der Waals surface area contributed by atoms with Crippen molar-refractivity contribution in [2.45, 2.75) is 20.1 Å². The topological polar surface area (TPSA) is 87.6 Å². The van der Waals surface area contributed by atoms with Crippen molar-refractivity contribution in [2.24, 2.45) is 0 Å². The minimum absolute atomic E-state index is 0.127. The van der Waals surface area contributed by atoms with Crippen molar-refractivity contribution in [3.63, 3.8) is 0 Å². The van der Waals surface area contributed by atoms with Crippen molar-refractivity contribution in [3.05, 3.63) is 59.0 Å². The summed E-state index contributed by atoms with van der Waals surface area (Å²) in [6.45, 7) is 2.55. The molecule has 4 aromatic rings. The fraction of sp³-hybridized carbons (Fsp3) is 0.211. The number of para-hydroxylation sites is 1. The van der Waals surface area contributed by atoms with E-state index in [0.29, 0.717) is 23.6 Å². The van der Waals surface area contributed by atoms with Crippen molar-refractivity contribution in [3.8, 4) is 10.7 Å². The fourth-order valence-corrected chi connectivity index (χ4v) is 3.27. The monoisotopic (exact) mass is 384 g/mol. The number of furan rings is 1. The van der Waals surface area contributed by atoms with E-state index in [9.17, 15) is 4.79 Å². The molecular weight excluding hydrogens is 368 g/mol. The number of nitrogens with zero attached hydrogens (tertiary/aromatic N) is 2. The quantitative estimate of drug-likeness (QED) is 0.435. The van der Waals surface area contributed by atoms with Crippen molar-refractivity contribution >= 4 is 28.3 Å². The molecule has 8 heteroatoms. The van der Waals surface area contributed by atoms with Crippen LogP contribution in [0.1, 0.15) is 28.9 Å². The largest absolute Gasteiger partial charge is 0.450 e. The van der Waals surface area contributed by atoms with Crippen molar-refractivity contribution in [2.75, 3.05) is 6.61 Å². The van der Waals surface area contributed by atoms with Gasteiger partial charge in [-0.05, 0) is 24.4 Å². The standard InChI is InChI=1S/C19H16N2O5S/c1-2-23-10-13-12-6-3-4-7-14(12)25-17(13)19(22)24-11-16-20-18(21-26-16)15-8-5-9-27-15/h3-9H,2,10-11H2,1H3. The van der Waals surface area contributed by atoms with Crippen LogP contribution in [0.2, 0.25) is 0 Å². The predicted molar refractivity (Wildman–Crippen MR) is 98.3 cm³/mol. The molecule has 27 heavy (non-hydrogen) atoms. The molecule has 4 rings (SSSR count). The molecule has 0 unspecified atom stereocenters. The zero-order chi connectivity index (χ0) is 18.6. The summed E-state index contributed by atoms with van der Waals surface area (Å²) in [5.41, 5.74) is 1.28. The first-order valence-electron chi connectivity index (χ1n) is 8.38. The summed E-state index contributed by atoms with van der Waals surface area (Å²) in [5.74, 6) is 0.213. The van der Waals surface area contributed by atoms with Gasteiger partial charge in [0.25, 0.3) is 5.89 Å². The number of benzene rings is 1. The summed E-state index contributed by atoms with van der Waals surface area (Å²) in [7, 11) is 0. The highest BCUT2D eigenvalue weighted by Gasteiger charge is 2.22. The number of carbonyl (C=O) groups excluding carboxylic acids is 1. The maximum absolute atomic E-state index is 12.5. The molecule has 0 atom stereocenters. The van der Waals surface area contributed by atoms with E-state index in [1.54, 1.807) is 6.07 Å².